The van der Waals surface area contributed by atoms with E-state index in [-0.39, 0.29) is 10.8 Å². The molecule has 0 spiro atoms. The number of para-hydroxylation sites is 2. The lowest BCUT2D eigenvalue weighted by atomic mass is 10.1. The minimum atomic E-state index is -3.75. The van der Waals surface area contributed by atoms with Crippen LogP contribution in [-0.4, -0.2) is 27.5 Å². The van der Waals surface area contributed by atoms with Crippen molar-refractivity contribution in [3.63, 3.8) is 0 Å². The Morgan fingerprint density at radius 3 is 2.12 bits per heavy atom. The number of hydrogen-bond donors (Lipinski definition) is 2. The molecule has 0 saturated heterocycles. The van der Waals surface area contributed by atoms with E-state index >= 15 is 0 Å². The van der Waals surface area contributed by atoms with E-state index in [0.29, 0.717) is 22.9 Å². The number of ether oxygens (including phenoxy) is 2. The van der Waals surface area contributed by atoms with Crippen molar-refractivity contribution < 1.29 is 22.7 Å². The predicted octanol–water partition coefficient (Wildman–Crippen LogP) is 4.52. The highest BCUT2D eigenvalue weighted by Gasteiger charge is 2.18. The molecule has 32 heavy (non-hydrogen) atoms. The van der Waals surface area contributed by atoms with E-state index in [1.807, 2.05) is 19.9 Å². The smallest absolute Gasteiger partial charge is 0.265 e. The molecule has 1 amide bonds. The number of hydrogen-bond acceptors (Lipinski definition) is 5. The minimum absolute atomic E-state index is 0.0899. The van der Waals surface area contributed by atoms with Crippen LogP contribution in [0.25, 0.3) is 0 Å². The van der Waals surface area contributed by atoms with E-state index in [1.165, 1.54) is 31.4 Å². The first-order chi connectivity index (χ1) is 15.2. The zero-order valence-corrected chi connectivity index (χ0v) is 19.2. The summed E-state index contributed by atoms with van der Waals surface area (Å²) < 4.78 is 38.8. The molecule has 0 heterocycles. The Bertz CT molecular complexity index is 1210. The molecule has 168 valence electrons. The second-order valence-electron chi connectivity index (χ2n) is 7.33. The van der Waals surface area contributed by atoms with Gasteiger partial charge in [-0.15, -0.1) is 0 Å². The normalized spacial score (nSPS) is 12.0. The Labute approximate surface area is 188 Å². The summed E-state index contributed by atoms with van der Waals surface area (Å²) >= 11 is 0. The number of nitrogens with one attached hydrogen (secondary N) is 2. The van der Waals surface area contributed by atoms with Crippen molar-refractivity contribution in [2.24, 2.45) is 0 Å². The van der Waals surface area contributed by atoms with Crippen LogP contribution in [0.4, 0.5) is 11.4 Å². The van der Waals surface area contributed by atoms with Gasteiger partial charge in [-0.25, -0.2) is 8.42 Å². The Kier molecular flexibility index (Phi) is 7.05. The topological polar surface area (TPSA) is 93.7 Å². The summed E-state index contributed by atoms with van der Waals surface area (Å²) in [5.41, 5.74) is 3.02. The molecule has 3 rings (SSSR count). The van der Waals surface area contributed by atoms with Gasteiger partial charge in [-0.3, -0.25) is 9.52 Å². The van der Waals surface area contributed by atoms with Gasteiger partial charge in [0.05, 0.1) is 12.0 Å². The summed E-state index contributed by atoms with van der Waals surface area (Å²) in [4.78, 5) is 12.6. The molecular formula is C24H26N2O5S. The van der Waals surface area contributed by atoms with Gasteiger partial charge in [0.1, 0.15) is 0 Å². The fourth-order valence-corrected chi connectivity index (χ4v) is 3.99. The van der Waals surface area contributed by atoms with Gasteiger partial charge in [-0.1, -0.05) is 18.2 Å². The van der Waals surface area contributed by atoms with Crippen LogP contribution in [0.1, 0.15) is 18.1 Å². The first-order valence-electron chi connectivity index (χ1n) is 10.0. The van der Waals surface area contributed by atoms with E-state index in [0.717, 1.165) is 11.1 Å². The third-order valence-electron chi connectivity index (χ3n) is 4.93. The molecule has 0 fully saturated rings. The van der Waals surface area contributed by atoms with Crippen molar-refractivity contribution in [2.45, 2.75) is 31.8 Å². The average molecular weight is 455 g/mol. The Hall–Kier alpha value is -3.52. The second kappa shape index (κ2) is 9.74. The number of amides is 1. The quantitative estimate of drug-likeness (QED) is 0.522. The summed E-state index contributed by atoms with van der Waals surface area (Å²) in [6, 6.07) is 18.3. The molecule has 1 atom stereocenters. The van der Waals surface area contributed by atoms with Crippen LogP contribution in [0.2, 0.25) is 0 Å². The molecule has 8 heteroatoms. The summed E-state index contributed by atoms with van der Waals surface area (Å²) in [5.74, 6) is 0.606. The molecule has 0 bridgehead atoms. The summed E-state index contributed by atoms with van der Waals surface area (Å²) in [6.45, 7) is 5.50. The summed E-state index contributed by atoms with van der Waals surface area (Å²) in [5, 5.41) is 2.72. The fourth-order valence-electron chi connectivity index (χ4n) is 2.94. The number of carbonyl (C=O) groups excluding carboxylic acids is 1. The van der Waals surface area contributed by atoms with E-state index in [2.05, 4.69) is 10.0 Å². The van der Waals surface area contributed by atoms with Gasteiger partial charge >= 0.3 is 0 Å². The number of carbonyl (C=O) groups is 1. The average Bonchev–Trinajstić information content (AvgIpc) is 2.77. The first kappa shape index (κ1) is 23.1. The van der Waals surface area contributed by atoms with E-state index < -0.39 is 16.1 Å². The molecule has 0 radical (unpaired) electrons. The molecule has 0 unspecified atom stereocenters. The van der Waals surface area contributed by atoms with Gasteiger partial charge in [-0.05, 0) is 80.4 Å². The molecule has 3 aromatic carbocycles. The Morgan fingerprint density at radius 2 is 1.50 bits per heavy atom. The van der Waals surface area contributed by atoms with Crippen molar-refractivity contribution >= 4 is 27.3 Å². The van der Waals surface area contributed by atoms with Crippen molar-refractivity contribution in [1.29, 1.82) is 0 Å². The Balaban J connectivity index is 1.65. The molecule has 0 saturated carbocycles. The zero-order chi connectivity index (χ0) is 23.3. The number of methoxy groups -OCH3 is 1. The number of sulfonamides is 1. The van der Waals surface area contributed by atoms with Crippen molar-refractivity contribution in [2.75, 3.05) is 17.1 Å². The van der Waals surface area contributed by atoms with Crippen LogP contribution < -0.4 is 19.5 Å². The van der Waals surface area contributed by atoms with E-state index in [4.69, 9.17) is 9.47 Å². The molecular weight excluding hydrogens is 428 g/mol. The van der Waals surface area contributed by atoms with Crippen LogP contribution in [-0.2, 0) is 14.8 Å². The molecule has 0 aliphatic carbocycles. The van der Waals surface area contributed by atoms with Gasteiger partial charge in [0.2, 0.25) is 0 Å². The maximum absolute atomic E-state index is 12.7. The summed E-state index contributed by atoms with van der Waals surface area (Å²) in [6.07, 6.45) is -0.791. The summed E-state index contributed by atoms with van der Waals surface area (Å²) in [7, 11) is -2.23. The molecule has 0 aromatic heterocycles. The minimum Gasteiger partial charge on any atom is -0.493 e. The molecule has 2 N–H and O–H groups in total. The number of aryl methyl sites for hydroxylation is 2. The second-order valence-corrected chi connectivity index (χ2v) is 9.01. The standard InChI is InChI=1S/C24H26N2O5S/c1-16-9-10-20(15-17(16)2)26-32(28,29)21-13-11-19(12-14-21)25-24(27)18(3)31-23-8-6-5-7-22(23)30-4/h5-15,18,26H,1-4H3,(H,25,27)/t18-/m1/s1. The first-order valence-corrected chi connectivity index (χ1v) is 11.5. The zero-order valence-electron chi connectivity index (χ0n) is 18.4. The largest absolute Gasteiger partial charge is 0.493 e. The fraction of sp³-hybridized carbons (Fsp3) is 0.208. The highest BCUT2D eigenvalue weighted by atomic mass is 32.2. The van der Waals surface area contributed by atoms with Crippen LogP contribution in [0.15, 0.2) is 71.6 Å². The van der Waals surface area contributed by atoms with Gasteiger partial charge in [0, 0.05) is 11.4 Å². The SMILES string of the molecule is COc1ccccc1O[C@H](C)C(=O)Nc1ccc(S(=O)(=O)Nc2ccc(C)c(C)c2)cc1. The third kappa shape index (κ3) is 5.59. The third-order valence-corrected chi connectivity index (χ3v) is 6.33. The van der Waals surface area contributed by atoms with Crippen LogP contribution >= 0.6 is 0 Å². The van der Waals surface area contributed by atoms with Gasteiger partial charge in [-0.2, -0.15) is 0 Å². The maximum Gasteiger partial charge on any atom is 0.265 e. The highest BCUT2D eigenvalue weighted by molar-refractivity contribution is 7.92. The van der Waals surface area contributed by atoms with Crippen LogP contribution in [0.5, 0.6) is 11.5 Å². The number of benzene rings is 3. The van der Waals surface area contributed by atoms with E-state index in [9.17, 15) is 13.2 Å². The molecule has 7 nitrogen and oxygen atoms in total. The highest BCUT2D eigenvalue weighted by Crippen LogP contribution is 2.27. The number of rotatable bonds is 8. The van der Waals surface area contributed by atoms with Gasteiger partial charge in [0.15, 0.2) is 17.6 Å². The molecule has 3 aromatic rings. The van der Waals surface area contributed by atoms with Gasteiger partial charge in [0.25, 0.3) is 15.9 Å². The molecule has 0 aliphatic heterocycles. The maximum atomic E-state index is 12.7. The lowest BCUT2D eigenvalue weighted by molar-refractivity contribution is -0.122. The monoisotopic (exact) mass is 454 g/mol. The lowest BCUT2D eigenvalue weighted by Crippen LogP contribution is -2.30. The molecule has 0 aliphatic rings. The van der Waals surface area contributed by atoms with Crippen LogP contribution in [0.3, 0.4) is 0 Å². The van der Waals surface area contributed by atoms with Crippen molar-refractivity contribution in [3.8, 4) is 11.5 Å². The Morgan fingerprint density at radius 1 is 0.875 bits per heavy atom. The number of anilines is 2. The predicted molar refractivity (Wildman–Crippen MR) is 125 cm³/mol. The van der Waals surface area contributed by atoms with E-state index in [1.54, 1.807) is 43.3 Å². The van der Waals surface area contributed by atoms with Crippen LogP contribution in [0, 0.1) is 13.8 Å². The van der Waals surface area contributed by atoms with Gasteiger partial charge < -0.3 is 14.8 Å². The lowest BCUT2D eigenvalue weighted by Gasteiger charge is -2.16. The van der Waals surface area contributed by atoms with Crippen molar-refractivity contribution in [3.05, 3.63) is 77.9 Å². The van der Waals surface area contributed by atoms with Crippen molar-refractivity contribution in [1.82, 2.24) is 0 Å².